The quantitative estimate of drug-likeness (QED) is 0.385. The van der Waals surface area contributed by atoms with Gasteiger partial charge in [-0.05, 0) is 35.7 Å². The first kappa shape index (κ1) is 20.5. The van der Waals surface area contributed by atoms with Crippen molar-refractivity contribution in [1.29, 1.82) is 0 Å². The number of carbonyl (C=O) groups is 1. The van der Waals surface area contributed by atoms with Crippen molar-refractivity contribution in [3.8, 4) is 10.6 Å². The molecule has 0 amide bonds. The molecule has 0 saturated carbocycles. The first-order chi connectivity index (χ1) is 14.5. The molecule has 0 aliphatic rings. The van der Waals surface area contributed by atoms with E-state index in [2.05, 4.69) is 40.7 Å². The standard InChI is InChI=1S/C22H21ClN4O2S/c1-3-13(4-2)20(27-11-24-25-12-27)14-6-8-18-19(10-14)30-21(26-18)15-5-7-16(22(28)29)17(23)9-15/h5-13,20H,3-4H2,1-2H3,(H,28,29). The molecule has 8 heteroatoms. The maximum Gasteiger partial charge on any atom is 0.337 e. The summed E-state index contributed by atoms with van der Waals surface area (Å²) in [6.07, 6.45) is 5.66. The van der Waals surface area contributed by atoms with E-state index in [1.807, 2.05) is 6.07 Å². The van der Waals surface area contributed by atoms with Gasteiger partial charge in [0.25, 0.3) is 0 Å². The van der Waals surface area contributed by atoms with Gasteiger partial charge < -0.3 is 9.67 Å². The van der Waals surface area contributed by atoms with E-state index in [-0.39, 0.29) is 16.6 Å². The molecule has 0 radical (unpaired) electrons. The second-order valence-corrected chi connectivity index (χ2v) is 8.61. The molecule has 4 rings (SSSR count). The molecule has 0 bridgehead atoms. The third-order valence-corrected chi connectivity index (χ3v) is 6.83. The Bertz CT molecular complexity index is 1190. The van der Waals surface area contributed by atoms with Crippen molar-refractivity contribution >= 4 is 39.1 Å². The van der Waals surface area contributed by atoms with Crippen molar-refractivity contribution in [3.05, 3.63) is 65.2 Å². The predicted octanol–water partition coefficient (Wildman–Crippen LogP) is 5.93. The predicted molar refractivity (Wildman–Crippen MR) is 119 cm³/mol. The Hall–Kier alpha value is -2.77. The van der Waals surface area contributed by atoms with E-state index in [1.54, 1.807) is 36.1 Å². The summed E-state index contributed by atoms with van der Waals surface area (Å²) in [7, 11) is 0. The Kier molecular flexibility index (Phi) is 5.83. The first-order valence-corrected chi connectivity index (χ1v) is 11.0. The van der Waals surface area contributed by atoms with Gasteiger partial charge in [0.1, 0.15) is 17.7 Å². The number of fused-ring (bicyclic) bond motifs is 1. The second kappa shape index (κ2) is 8.53. The Morgan fingerprint density at radius 3 is 2.50 bits per heavy atom. The summed E-state index contributed by atoms with van der Waals surface area (Å²) < 4.78 is 3.15. The second-order valence-electron chi connectivity index (χ2n) is 7.18. The van der Waals surface area contributed by atoms with Gasteiger partial charge in [0.05, 0.1) is 26.8 Å². The number of halogens is 1. The minimum Gasteiger partial charge on any atom is -0.478 e. The van der Waals surface area contributed by atoms with E-state index in [9.17, 15) is 9.90 Å². The van der Waals surface area contributed by atoms with Gasteiger partial charge in [-0.3, -0.25) is 0 Å². The third-order valence-electron chi connectivity index (χ3n) is 5.45. The Labute approximate surface area is 183 Å². The van der Waals surface area contributed by atoms with E-state index in [0.717, 1.165) is 33.6 Å². The zero-order valence-corrected chi connectivity index (χ0v) is 18.2. The zero-order chi connectivity index (χ0) is 21.3. The summed E-state index contributed by atoms with van der Waals surface area (Å²) in [5.41, 5.74) is 3.00. The largest absolute Gasteiger partial charge is 0.478 e. The van der Waals surface area contributed by atoms with Gasteiger partial charge in [-0.2, -0.15) is 0 Å². The molecule has 0 fully saturated rings. The van der Waals surface area contributed by atoms with E-state index in [4.69, 9.17) is 16.6 Å². The van der Waals surface area contributed by atoms with Gasteiger partial charge in [-0.25, -0.2) is 9.78 Å². The van der Waals surface area contributed by atoms with Crippen LogP contribution in [0, 0.1) is 5.92 Å². The molecule has 2 heterocycles. The highest BCUT2D eigenvalue weighted by atomic mass is 35.5. The van der Waals surface area contributed by atoms with E-state index in [1.165, 1.54) is 11.6 Å². The van der Waals surface area contributed by atoms with Crippen LogP contribution in [0.1, 0.15) is 48.7 Å². The normalized spacial score (nSPS) is 12.5. The molecular formula is C22H21ClN4O2S. The van der Waals surface area contributed by atoms with Crippen LogP contribution in [0.4, 0.5) is 0 Å². The number of aromatic carboxylic acids is 1. The minimum absolute atomic E-state index is 0.0887. The number of aromatic nitrogens is 4. The average Bonchev–Trinajstić information content (AvgIpc) is 3.40. The van der Waals surface area contributed by atoms with E-state index in [0.29, 0.717) is 5.92 Å². The maximum atomic E-state index is 11.2. The lowest BCUT2D eigenvalue weighted by Crippen LogP contribution is -2.19. The average molecular weight is 441 g/mol. The summed E-state index contributed by atoms with van der Waals surface area (Å²) in [5.74, 6) is -0.574. The highest BCUT2D eigenvalue weighted by Gasteiger charge is 2.23. The van der Waals surface area contributed by atoms with Crippen molar-refractivity contribution < 1.29 is 9.90 Å². The highest BCUT2D eigenvalue weighted by molar-refractivity contribution is 7.21. The molecule has 1 unspecified atom stereocenters. The minimum atomic E-state index is -1.04. The third kappa shape index (κ3) is 3.82. The molecule has 154 valence electrons. The van der Waals surface area contributed by atoms with Gasteiger partial charge in [-0.1, -0.05) is 50.4 Å². The number of hydrogen-bond acceptors (Lipinski definition) is 5. The molecule has 0 aliphatic heterocycles. The molecular weight excluding hydrogens is 420 g/mol. The van der Waals surface area contributed by atoms with Crippen LogP contribution < -0.4 is 0 Å². The van der Waals surface area contributed by atoms with Gasteiger partial charge in [0.2, 0.25) is 0 Å². The highest BCUT2D eigenvalue weighted by Crippen LogP contribution is 2.37. The van der Waals surface area contributed by atoms with Gasteiger partial charge in [0.15, 0.2) is 0 Å². The van der Waals surface area contributed by atoms with E-state index < -0.39 is 5.97 Å². The summed E-state index contributed by atoms with van der Waals surface area (Å²) in [5, 5.41) is 18.2. The van der Waals surface area contributed by atoms with Crippen molar-refractivity contribution in [1.82, 2.24) is 19.7 Å². The molecule has 30 heavy (non-hydrogen) atoms. The van der Waals surface area contributed by atoms with Gasteiger partial charge in [-0.15, -0.1) is 21.5 Å². The summed E-state index contributed by atoms with van der Waals surface area (Å²) in [6.45, 7) is 4.42. The van der Waals surface area contributed by atoms with Crippen molar-refractivity contribution in [2.45, 2.75) is 32.7 Å². The lowest BCUT2D eigenvalue weighted by atomic mass is 9.88. The van der Waals surface area contributed by atoms with Crippen molar-refractivity contribution in [2.24, 2.45) is 5.92 Å². The number of nitrogens with zero attached hydrogens (tertiary/aromatic N) is 4. The molecule has 0 saturated heterocycles. The number of carboxylic acids is 1. The molecule has 2 aromatic carbocycles. The number of benzene rings is 2. The van der Waals surface area contributed by atoms with Crippen LogP contribution in [0.3, 0.4) is 0 Å². The van der Waals surface area contributed by atoms with Crippen LogP contribution in [0.5, 0.6) is 0 Å². The lowest BCUT2D eigenvalue weighted by Gasteiger charge is -2.26. The first-order valence-electron chi connectivity index (χ1n) is 9.79. The van der Waals surface area contributed by atoms with Crippen LogP contribution in [0.2, 0.25) is 5.02 Å². The maximum absolute atomic E-state index is 11.2. The van der Waals surface area contributed by atoms with E-state index >= 15 is 0 Å². The van der Waals surface area contributed by atoms with Gasteiger partial charge in [0, 0.05) is 5.56 Å². The fourth-order valence-electron chi connectivity index (χ4n) is 3.85. The topological polar surface area (TPSA) is 80.9 Å². The fraction of sp³-hybridized carbons (Fsp3) is 0.273. The SMILES string of the molecule is CCC(CC)C(c1ccc2nc(-c3ccc(C(=O)O)c(Cl)c3)sc2c1)n1cnnc1. The Balaban J connectivity index is 1.75. The number of rotatable bonds is 7. The van der Waals surface area contributed by atoms with Crippen LogP contribution in [-0.2, 0) is 0 Å². The zero-order valence-electron chi connectivity index (χ0n) is 16.6. The summed E-state index contributed by atoms with van der Waals surface area (Å²) >= 11 is 7.72. The molecule has 1 N–H and O–H groups in total. The molecule has 2 aromatic heterocycles. The summed E-state index contributed by atoms with van der Waals surface area (Å²) in [6, 6.07) is 11.4. The van der Waals surface area contributed by atoms with Crippen LogP contribution >= 0.6 is 22.9 Å². The molecule has 1 atom stereocenters. The van der Waals surface area contributed by atoms with Crippen LogP contribution in [0.15, 0.2) is 49.1 Å². The summed E-state index contributed by atoms with van der Waals surface area (Å²) in [4.78, 5) is 15.9. The van der Waals surface area contributed by atoms with Crippen molar-refractivity contribution in [2.75, 3.05) is 0 Å². The van der Waals surface area contributed by atoms with Crippen LogP contribution in [-0.4, -0.2) is 30.8 Å². The van der Waals surface area contributed by atoms with Crippen molar-refractivity contribution in [3.63, 3.8) is 0 Å². The Morgan fingerprint density at radius 2 is 1.87 bits per heavy atom. The monoisotopic (exact) mass is 440 g/mol. The number of hydrogen-bond donors (Lipinski definition) is 1. The van der Waals surface area contributed by atoms with Gasteiger partial charge >= 0.3 is 5.97 Å². The lowest BCUT2D eigenvalue weighted by molar-refractivity contribution is 0.0697. The smallest absolute Gasteiger partial charge is 0.337 e. The fourth-order valence-corrected chi connectivity index (χ4v) is 5.12. The van der Waals surface area contributed by atoms with Crippen LogP contribution in [0.25, 0.3) is 20.8 Å². The Morgan fingerprint density at radius 1 is 1.13 bits per heavy atom. The number of carboxylic acid groups (broad SMARTS) is 1. The molecule has 4 aromatic rings. The number of thiazole rings is 1. The molecule has 0 spiro atoms. The molecule has 0 aliphatic carbocycles. The molecule has 6 nitrogen and oxygen atoms in total.